The first-order valence-corrected chi connectivity index (χ1v) is 9.77. The van der Waals surface area contributed by atoms with Crippen molar-refractivity contribution in [3.63, 3.8) is 0 Å². The highest BCUT2D eigenvalue weighted by molar-refractivity contribution is 6.07. The lowest BCUT2D eigenvalue weighted by molar-refractivity contribution is 0.0947. The normalized spacial score (nSPS) is 11.6. The molecule has 0 aliphatic heterocycles. The van der Waals surface area contributed by atoms with Crippen molar-refractivity contribution in [1.82, 2.24) is 20.1 Å². The van der Waals surface area contributed by atoms with Gasteiger partial charge in [-0.1, -0.05) is 44.2 Å². The average Bonchev–Trinajstić information content (AvgIpc) is 3.17. The molecule has 0 fully saturated rings. The summed E-state index contributed by atoms with van der Waals surface area (Å²) in [4.78, 5) is 17.9. The Balaban J connectivity index is 1.67. The molecule has 0 radical (unpaired) electrons. The molecule has 4 aromatic rings. The molecule has 6 heteroatoms. The molecular weight excluding hydrogens is 379 g/mol. The second kappa shape index (κ2) is 7.71. The highest BCUT2D eigenvalue weighted by Gasteiger charge is 2.23. The molecule has 2 aromatic heterocycles. The minimum atomic E-state index is -0.425. The van der Waals surface area contributed by atoms with E-state index in [0.29, 0.717) is 17.8 Å². The maximum Gasteiger partial charge on any atom is 0.252 e. The number of aryl methyl sites for hydroxylation is 1. The fraction of sp³-hybridized carbons (Fsp3) is 0.208. The standard InChI is InChI=1S/C24H23FN4O/c1-24(2,16-7-6-8-17(25)13-16)15-26-23(30)19-14-21(22-11-12-27-29(22)3)28-20-10-5-4-9-18(19)20/h4-14H,15H2,1-3H3,(H,26,30). The van der Waals surface area contributed by atoms with Crippen LogP contribution in [-0.2, 0) is 12.5 Å². The van der Waals surface area contributed by atoms with Crippen LogP contribution in [0.1, 0.15) is 29.8 Å². The molecule has 0 spiro atoms. The molecule has 152 valence electrons. The molecule has 0 aliphatic rings. The van der Waals surface area contributed by atoms with Crippen LogP contribution in [0.25, 0.3) is 22.3 Å². The number of carbonyl (C=O) groups is 1. The molecule has 5 nitrogen and oxygen atoms in total. The van der Waals surface area contributed by atoms with Crippen LogP contribution >= 0.6 is 0 Å². The van der Waals surface area contributed by atoms with Crippen LogP contribution < -0.4 is 5.32 Å². The van der Waals surface area contributed by atoms with Crippen molar-refractivity contribution in [2.24, 2.45) is 7.05 Å². The van der Waals surface area contributed by atoms with E-state index in [9.17, 15) is 9.18 Å². The van der Waals surface area contributed by atoms with Gasteiger partial charge in [-0.15, -0.1) is 0 Å². The van der Waals surface area contributed by atoms with Gasteiger partial charge in [0.15, 0.2) is 0 Å². The SMILES string of the molecule is Cn1nccc1-c1cc(C(=O)NCC(C)(C)c2cccc(F)c2)c2ccccc2n1. The molecule has 2 heterocycles. The number of pyridine rings is 1. The lowest BCUT2D eigenvalue weighted by Crippen LogP contribution is -2.36. The molecule has 0 saturated heterocycles. The first-order valence-electron chi connectivity index (χ1n) is 9.77. The molecule has 0 atom stereocenters. The Morgan fingerprint density at radius 1 is 1.10 bits per heavy atom. The van der Waals surface area contributed by atoms with Crippen molar-refractivity contribution in [3.05, 3.63) is 83.8 Å². The molecule has 1 N–H and O–H groups in total. The van der Waals surface area contributed by atoms with E-state index in [1.807, 2.05) is 57.3 Å². The van der Waals surface area contributed by atoms with Crippen molar-refractivity contribution in [3.8, 4) is 11.4 Å². The molecule has 0 aliphatic carbocycles. The van der Waals surface area contributed by atoms with Crippen LogP contribution in [-0.4, -0.2) is 27.2 Å². The number of carbonyl (C=O) groups excluding carboxylic acids is 1. The number of benzene rings is 2. The van der Waals surface area contributed by atoms with Gasteiger partial charge in [0.05, 0.1) is 22.5 Å². The van der Waals surface area contributed by atoms with E-state index >= 15 is 0 Å². The first-order chi connectivity index (χ1) is 14.3. The van der Waals surface area contributed by atoms with Crippen molar-refractivity contribution in [2.45, 2.75) is 19.3 Å². The Kier molecular flexibility index (Phi) is 5.08. The number of halogens is 1. The van der Waals surface area contributed by atoms with Crippen LogP contribution in [0, 0.1) is 5.82 Å². The van der Waals surface area contributed by atoms with E-state index < -0.39 is 5.41 Å². The predicted octanol–water partition coefficient (Wildman–Crippen LogP) is 4.48. The lowest BCUT2D eigenvalue weighted by Gasteiger charge is -2.26. The van der Waals surface area contributed by atoms with Crippen molar-refractivity contribution in [1.29, 1.82) is 0 Å². The summed E-state index contributed by atoms with van der Waals surface area (Å²) < 4.78 is 15.4. The van der Waals surface area contributed by atoms with Crippen molar-refractivity contribution in [2.75, 3.05) is 6.54 Å². The van der Waals surface area contributed by atoms with Crippen LogP contribution in [0.3, 0.4) is 0 Å². The summed E-state index contributed by atoms with van der Waals surface area (Å²) in [5.74, 6) is -0.477. The van der Waals surface area contributed by atoms with Gasteiger partial charge in [0.1, 0.15) is 5.82 Å². The summed E-state index contributed by atoms with van der Waals surface area (Å²) in [7, 11) is 1.84. The van der Waals surface area contributed by atoms with E-state index in [1.165, 1.54) is 12.1 Å². The molecule has 0 bridgehead atoms. The summed E-state index contributed by atoms with van der Waals surface area (Å²) in [6, 6.07) is 17.7. The number of para-hydroxylation sites is 1. The van der Waals surface area contributed by atoms with Crippen molar-refractivity contribution < 1.29 is 9.18 Å². The largest absolute Gasteiger partial charge is 0.351 e. The smallest absolute Gasteiger partial charge is 0.252 e. The van der Waals surface area contributed by atoms with Gasteiger partial charge in [-0.25, -0.2) is 9.37 Å². The Hall–Kier alpha value is -3.54. The lowest BCUT2D eigenvalue weighted by atomic mass is 9.84. The van der Waals surface area contributed by atoms with Gasteiger partial charge >= 0.3 is 0 Å². The average molecular weight is 402 g/mol. The fourth-order valence-electron chi connectivity index (χ4n) is 3.53. The second-order valence-corrected chi connectivity index (χ2v) is 7.99. The summed E-state index contributed by atoms with van der Waals surface area (Å²) >= 11 is 0. The van der Waals surface area contributed by atoms with Gasteiger partial charge in [-0.2, -0.15) is 5.10 Å². The molecule has 2 aromatic carbocycles. The summed E-state index contributed by atoms with van der Waals surface area (Å²) in [6.45, 7) is 4.33. The van der Waals surface area contributed by atoms with Crippen LogP contribution in [0.4, 0.5) is 4.39 Å². The van der Waals surface area contributed by atoms with Gasteiger partial charge in [0.2, 0.25) is 0 Å². The minimum Gasteiger partial charge on any atom is -0.351 e. The number of nitrogens with one attached hydrogen (secondary N) is 1. The van der Waals surface area contributed by atoms with Gasteiger partial charge < -0.3 is 5.32 Å². The highest BCUT2D eigenvalue weighted by Crippen LogP contribution is 2.26. The number of fused-ring (bicyclic) bond motifs is 1. The van der Waals surface area contributed by atoms with Gasteiger partial charge in [0, 0.05) is 30.6 Å². The van der Waals surface area contributed by atoms with Crippen molar-refractivity contribution >= 4 is 16.8 Å². The molecule has 1 amide bonds. The Morgan fingerprint density at radius 3 is 2.63 bits per heavy atom. The van der Waals surface area contributed by atoms with Crippen LogP contribution in [0.15, 0.2) is 66.9 Å². The number of hydrogen-bond acceptors (Lipinski definition) is 3. The predicted molar refractivity (Wildman–Crippen MR) is 116 cm³/mol. The number of nitrogens with zero attached hydrogens (tertiary/aromatic N) is 3. The molecule has 0 saturated carbocycles. The summed E-state index contributed by atoms with van der Waals surface area (Å²) in [5.41, 5.74) is 3.21. The van der Waals surface area contributed by atoms with Gasteiger partial charge in [0.25, 0.3) is 5.91 Å². The van der Waals surface area contributed by atoms with Gasteiger partial charge in [-0.3, -0.25) is 9.48 Å². The molecule has 30 heavy (non-hydrogen) atoms. The van der Waals surface area contributed by atoms with E-state index in [2.05, 4.69) is 10.4 Å². The van der Waals surface area contributed by atoms with Crippen LogP contribution in [0.2, 0.25) is 0 Å². The minimum absolute atomic E-state index is 0.193. The maximum absolute atomic E-state index is 13.6. The highest BCUT2D eigenvalue weighted by atomic mass is 19.1. The zero-order valence-electron chi connectivity index (χ0n) is 17.2. The third kappa shape index (κ3) is 3.81. The second-order valence-electron chi connectivity index (χ2n) is 7.99. The molecular formula is C24H23FN4O. The number of amides is 1. The third-order valence-electron chi connectivity index (χ3n) is 5.34. The summed E-state index contributed by atoms with van der Waals surface area (Å²) in [5, 5.41) is 8.01. The number of rotatable bonds is 5. The van der Waals surface area contributed by atoms with E-state index in [-0.39, 0.29) is 11.7 Å². The fourth-order valence-corrected chi connectivity index (χ4v) is 3.53. The van der Waals surface area contributed by atoms with Crippen LogP contribution in [0.5, 0.6) is 0 Å². The Labute approximate surface area is 174 Å². The maximum atomic E-state index is 13.6. The first kappa shape index (κ1) is 19.8. The monoisotopic (exact) mass is 402 g/mol. The third-order valence-corrected chi connectivity index (χ3v) is 5.34. The van der Waals surface area contributed by atoms with Gasteiger partial charge in [-0.05, 0) is 35.9 Å². The van der Waals surface area contributed by atoms with E-state index in [4.69, 9.17) is 4.98 Å². The Morgan fingerprint density at radius 2 is 1.90 bits per heavy atom. The zero-order chi connectivity index (χ0) is 21.3. The number of aromatic nitrogens is 3. The molecule has 4 rings (SSSR count). The quantitative estimate of drug-likeness (QED) is 0.535. The van der Waals surface area contributed by atoms with E-state index in [1.54, 1.807) is 23.0 Å². The van der Waals surface area contributed by atoms with E-state index in [0.717, 1.165) is 22.2 Å². The zero-order valence-corrected chi connectivity index (χ0v) is 17.2. The Bertz CT molecular complexity index is 1230. The number of hydrogen-bond donors (Lipinski definition) is 1. The topological polar surface area (TPSA) is 59.8 Å². The molecule has 0 unspecified atom stereocenters. The summed E-state index contributed by atoms with van der Waals surface area (Å²) in [6.07, 6.45) is 1.70.